The molecule has 1 aliphatic rings. The molecular formula is C20H16Cl2N2O3. The van der Waals surface area contributed by atoms with E-state index in [-0.39, 0.29) is 11.3 Å². The summed E-state index contributed by atoms with van der Waals surface area (Å²) in [5.41, 5.74) is 2.86. The summed E-state index contributed by atoms with van der Waals surface area (Å²) in [6.45, 7) is 0. The van der Waals surface area contributed by atoms with Gasteiger partial charge in [0.2, 0.25) is 0 Å². The first kappa shape index (κ1) is 17.9. The molecule has 0 saturated carbocycles. The molecule has 0 bridgehead atoms. The van der Waals surface area contributed by atoms with Crippen LogP contribution < -0.4 is 10.3 Å². The standard InChI is InChI=1S/C20H16Cl2N2O3/c1-27-24-17-7-6-14(22)10-15(17)20(25)19-16(23-26)8-12(9-18(19)24)11-2-4-13(21)5-3-11/h2-7,10,12,26H,8-9H2,1H3/b23-16+. The summed E-state index contributed by atoms with van der Waals surface area (Å²) in [6.07, 6.45) is 1.01. The number of halogens is 2. The molecule has 0 amide bonds. The molecular weight excluding hydrogens is 387 g/mol. The summed E-state index contributed by atoms with van der Waals surface area (Å²) < 4.78 is 1.62. The van der Waals surface area contributed by atoms with E-state index in [1.807, 2.05) is 24.3 Å². The average Bonchev–Trinajstić information content (AvgIpc) is 2.68. The molecule has 1 aliphatic carbocycles. The number of hydrogen-bond donors (Lipinski definition) is 1. The molecule has 1 atom stereocenters. The normalized spacial score (nSPS) is 17.9. The lowest BCUT2D eigenvalue weighted by Crippen LogP contribution is -2.32. The number of oxime groups is 1. The van der Waals surface area contributed by atoms with E-state index in [0.717, 1.165) is 5.56 Å². The van der Waals surface area contributed by atoms with E-state index in [9.17, 15) is 10.0 Å². The van der Waals surface area contributed by atoms with Crippen molar-refractivity contribution in [3.63, 3.8) is 0 Å². The fourth-order valence-corrected chi connectivity index (χ4v) is 4.07. The minimum atomic E-state index is -0.210. The highest BCUT2D eigenvalue weighted by atomic mass is 35.5. The quantitative estimate of drug-likeness (QED) is 0.513. The van der Waals surface area contributed by atoms with Gasteiger partial charge in [-0.05, 0) is 48.2 Å². The number of hydrogen-bond acceptors (Lipinski definition) is 4. The summed E-state index contributed by atoms with van der Waals surface area (Å²) in [7, 11) is 1.54. The topological polar surface area (TPSA) is 63.8 Å². The summed E-state index contributed by atoms with van der Waals surface area (Å²) in [6, 6.07) is 12.6. The minimum absolute atomic E-state index is 0.0335. The van der Waals surface area contributed by atoms with Gasteiger partial charge in [-0.2, -0.15) is 4.73 Å². The number of rotatable bonds is 2. The zero-order valence-electron chi connectivity index (χ0n) is 14.4. The van der Waals surface area contributed by atoms with Gasteiger partial charge in [-0.3, -0.25) is 4.79 Å². The van der Waals surface area contributed by atoms with Crippen LogP contribution in [0.25, 0.3) is 10.9 Å². The van der Waals surface area contributed by atoms with Crippen LogP contribution in [0.2, 0.25) is 10.0 Å². The number of pyridine rings is 1. The maximum atomic E-state index is 13.1. The van der Waals surface area contributed by atoms with Crippen molar-refractivity contribution in [1.82, 2.24) is 4.73 Å². The molecule has 4 rings (SSSR count). The maximum absolute atomic E-state index is 13.1. The maximum Gasteiger partial charge on any atom is 0.199 e. The van der Waals surface area contributed by atoms with Crippen molar-refractivity contribution >= 4 is 39.8 Å². The molecule has 0 fully saturated rings. The van der Waals surface area contributed by atoms with Gasteiger partial charge in [0.15, 0.2) is 5.43 Å². The predicted octanol–water partition coefficient (Wildman–Crippen LogP) is 4.28. The zero-order chi connectivity index (χ0) is 19.1. The van der Waals surface area contributed by atoms with Crippen LogP contribution in [0.5, 0.6) is 0 Å². The van der Waals surface area contributed by atoms with Gasteiger partial charge >= 0.3 is 0 Å². The van der Waals surface area contributed by atoms with Gasteiger partial charge in [0.05, 0.1) is 27.9 Å². The summed E-state index contributed by atoms with van der Waals surface area (Å²) in [4.78, 5) is 18.7. The minimum Gasteiger partial charge on any atom is -0.417 e. The average molecular weight is 403 g/mol. The molecule has 27 heavy (non-hydrogen) atoms. The van der Waals surface area contributed by atoms with Crippen LogP contribution in [-0.2, 0) is 6.42 Å². The first-order chi connectivity index (χ1) is 13.0. The van der Waals surface area contributed by atoms with Crippen molar-refractivity contribution in [3.05, 3.63) is 79.6 Å². The molecule has 1 unspecified atom stereocenters. The van der Waals surface area contributed by atoms with Crippen LogP contribution in [0.1, 0.15) is 29.2 Å². The van der Waals surface area contributed by atoms with Crippen LogP contribution in [0.4, 0.5) is 0 Å². The Kier molecular flexibility index (Phi) is 4.58. The van der Waals surface area contributed by atoms with E-state index < -0.39 is 0 Å². The summed E-state index contributed by atoms with van der Waals surface area (Å²) in [5.74, 6) is 0.0335. The highest BCUT2D eigenvalue weighted by Crippen LogP contribution is 2.34. The van der Waals surface area contributed by atoms with Crippen molar-refractivity contribution in [3.8, 4) is 0 Å². The molecule has 0 saturated heterocycles. The highest BCUT2D eigenvalue weighted by molar-refractivity contribution is 6.31. The molecule has 2 aromatic carbocycles. The lowest BCUT2D eigenvalue weighted by molar-refractivity contribution is 0.167. The Morgan fingerprint density at radius 1 is 1.11 bits per heavy atom. The van der Waals surface area contributed by atoms with Crippen molar-refractivity contribution in [1.29, 1.82) is 0 Å². The Labute approximate surface area is 165 Å². The second-order valence-electron chi connectivity index (χ2n) is 6.49. The number of benzene rings is 2. The van der Waals surface area contributed by atoms with E-state index in [0.29, 0.717) is 50.8 Å². The van der Waals surface area contributed by atoms with Crippen LogP contribution in [0, 0.1) is 0 Å². The predicted molar refractivity (Wildman–Crippen MR) is 107 cm³/mol. The first-order valence-corrected chi connectivity index (χ1v) is 9.17. The molecule has 5 nitrogen and oxygen atoms in total. The largest absolute Gasteiger partial charge is 0.417 e. The van der Waals surface area contributed by atoms with Gasteiger partial charge in [-0.1, -0.05) is 40.5 Å². The van der Waals surface area contributed by atoms with Crippen LogP contribution in [-0.4, -0.2) is 22.8 Å². The highest BCUT2D eigenvalue weighted by Gasteiger charge is 2.31. The van der Waals surface area contributed by atoms with Crippen molar-refractivity contribution in [2.24, 2.45) is 5.16 Å². The fourth-order valence-electron chi connectivity index (χ4n) is 3.77. The summed E-state index contributed by atoms with van der Waals surface area (Å²) in [5, 5.41) is 14.6. The summed E-state index contributed by atoms with van der Waals surface area (Å²) >= 11 is 12.1. The molecule has 0 spiro atoms. The Hall–Kier alpha value is -2.50. The van der Waals surface area contributed by atoms with Gasteiger partial charge in [0.1, 0.15) is 7.11 Å². The monoisotopic (exact) mass is 402 g/mol. The molecule has 3 aromatic rings. The third kappa shape index (κ3) is 2.97. The third-order valence-corrected chi connectivity index (χ3v) is 5.48. The van der Waals surface area contributed by atoms with E-state index in [1.54, 1.807) is 30.0 Å². The first-order valence-electron chi connectivity index (χ1n) is 8.42. The van der Waals surface area contributed by atoms with E-state index in [2.05, 4.69) is 5.16 Å². The molecule has 0 radical (unpaired) electrons. The molecule has 1 N–H and O–H groups in total. The zero-order valence-corrected chi connectivity index (χ0v) is 16.0. The third-order valence-electron chi connectivity index (χ3n) is 5.00. The second-order valence-corrected chi connectivity index (χ2v) is 7.37. The van der Waals surface area contributed by atoms with Crippen molar-refractivity contribution in [2.45, 2.75) is 18.8 Å². The molecule has 138 valence electrons. The smallest absolute Gasteiger partial charge is 0.199 e. The van der Waals surface area contributed by atoms with Crippen molar-refractivity contribution in [2.75, 3.05) is 7.11 Å². The van der Waals surface area contributed by atoms with Gasteiger partial charge in [-0.15, -0.1) is 0 Å². The van der Waals surface area contributed by atoms with Crippen LogP contribution >= 0.6 is 23.2 Å². The van der Waals surface area contributed by atoms with E-state index >= 15 is 0 Å². The van der Waals surface area contributed by atoms with Gasteiger partial charge in [0, 0.05) is 16.5 Å². The lowest BCUT2D eigenvalue weighted by Gasteiger charge is -2.28. The van der Waals surface area contributed by atoms with Gasteiger partial charge in [-0.25, -0.2) is 0 Å². The molecule has 7 heteroatoms. The number of nitrogens with zero attached hydrogens (tertiary/aromatic N) is 2. The lowest BCUT2D eigenvalue weighted by atomic mass is 9.80. The Balaban J connectivity index is 1.97. The molecule has 1 aromatic heterocycles. The SMILES string of the molecule is COn1c2c(c(=O)c3cc(Cl)ccc31)/C(=N/O)CC(c1ccc(Cl)cc1)C2. The number of fused-ring (bicyclic) bond motifs is 2. The Morgan fingerprint density at radius 3 is 2.48 bits per heavy atom. The Morgan fingerprint density at radius 2 is 1.81 bits per heavy atom. The Bertz CT molecular complexity index is 1120. The molecule has 0 aliphatic heterocycles. The van der Waals surface area contributed by atoms with E-state index in [1.165, 1.54) is 0 Å². The fraction of sp³-hybridized carbons (Fsp3) is 0.200. The second kappa shape index (κ2) is 6.91. The van der Waals surface area contributed by atoms with Crippen LogP contribution in [0.3, 0.4) is 0 Å². The van der Waals surface area contributed by atoms with Gasteiger partial charge < -0.3 is 10.0 Å². The number of aromatic nitrogens is 1. The van der Waals surface area contributed by atoms with Crippen LogP contribution in [0.15, 0.2) is 52.4 Å². The molecule has 1 heterocycles. The van der Waals surface area contributed by atoms with Crippen molar-refractivity contribution < 1.29 is 10.0 Å². The van der Waals surface area contributed by atoms with Gasteiger partial charge in [0.25, 0.3) is 0 Å². The van der Waals surface area contributed by atoms with E-state index in [4.69, 9.17) is 28.0 Å².